The van der Waals surface area contributed by atoms with E-state index >= 15 is 0 Å². The number of benzene rings is 1. The summed E-state index contributed by atoms with van der Waals surface area (Å²) in [4.78, 5) is 11.8. The lowest BCUT2D eigenvalue weighted by molar-refractivity contribution is -0.117. The van der Waals surface area contributed by atoms with Gasteiger partial charge in [0.05, 0.1) is 12.8 Å². The molecule has 17 heavy (non-hydrogen) atoms. The average Bonchev–Trinajstić information content (AvgIpc) is 3.00. The maximum Gasteiger partial charge on any atom is 0.227 e. The number of amides is 1. The predicted molar refractivity (Wildman–Crippen MR) is 68.6 cm³/mol. The zero-order valence-corrected chi connectivity index (χ0v) is 11.0. The van der Waals surface area contributed by atoms with Gasteiger partial charge in [0.15, 0.2) is 0 Å². The van der Waals surface area contributed by atoms with E-state index in [-0.39, 0.29) is 11.8 Å². The normalized spacial score (nSPS) is 22.1. The number of anilines is 1. The molecule has 0 heterocycles. The molecule has 4 heteroatoms. The molecule has 0 saturated heterocycles. The molecule has 1 aromatic carbocycles. The van der Waals surface area contributed by atoms with Crippen LogP contribution in [0.15, 0.2) is 12.1 Å². The highest BCUT2D eigenvalue weighted by Gasteiger charge is 2.39. The second-order valence-electron chi connectivity index (χ2n) is 4.61. The summed E-state index contributed by atoms with van der Waals surface area (Å²) < 4.78 is 5.21. The second kappa shape index (κ2) is 4.57. The van der Waals surface area contributed by atoms with E-state index in [4.69, 9.17) is 16.3 Å². The topological polar surface area (TPSA) is 38.3 Å². The minimum atomic E-state index is 0.0672. The monoisotopic (exact) mass is 253 g/mol. The number of halogens is 1. The van der Waals surface area contributed by atoms with Crippen LogP contribution in [0.5, 0.6) is 5.75 Å². The first-order valence-electron chi connectivity index (χ1n) is 5.68. The van der Waals surface area contributed by atoms with Crippen molar-refractivity contribution in [2.45, 2.75) is 20.3 Å². The number of carbonyl (C=O) groups is 1. The summed E-state index contributed by atoms with van der Waals surface area (Å²) in [7, 11) is 1.57. The summed E-state index contributed by atoms with van der Waals surface area (Å²) >= 11 is 6.01. The van der Waals surface area contributed by atoms with Crippen molar-refractivity contribution in [2.75, 3.05) is 12.4 Å². The Hall–Kier alpha value is -1.22. The van der Waals surface area contributed by atoms with Crippen LogP contribution in [0.25, 0.3) is 0 Å². The minimum Gasteiger partial charge on any atom is -0.495 e. The van der Waals surface area contributed by atoms with E-state index in [2.05, 4.69) is 12.2 Å². The third kappa shape index (κ3) is 2.55. The van der Waals surface area contributed by atoms with Crippen molar-refractivity contribution >= 4 is 23.2 Å². The van der Waals surface area contributed by atoms with Crippen molar-refractivity contribution in [1.29, 1.82) is 0 Å². The highest BCUT2D eigenvalue weighted by atomic mass is 35.5. The summed E-state index contributed by atoms with van der Waals surface area (Å²) in [5, 5.41) is 3.54. The SMILES string of the molecule is COc1cc(Cl)c(C)cc1NC(=O)[C@@H]1C[C@@H]1C. The first-order valence-corrected chi connectivity index (χ1v) is 6.05. The van der Waals surface area contributed by atoms with Crippen LogP contribution in [-0.2, 0) is 4.79 Å². The summed E-state index contributed by atoms with van der Waals surface area (Å²) in [6.45, 7) is 3.98. The van der Waals surface area contributed by atoms with Gasteiger partial charge in [-0.05, 0) is 30.9 Å². The Kier molecular flexibility index (Phi) is 3.29. The lowest BCUT2D eigenvalue weighted by Crippen LogP contribution is -2.15. The van der Waals surface area contributed by atoms with Crippen LogP contribution in [0, 0.1) is 18.8 Å². The van der Waals surface area contributed by atoms with Crippen molar-refractivity contribution in [3.05, 3.63) is 22.7 Å². The molecule has 1 N–H and O–H groups in total. The van der Waals surface area contributed by atoms with Crippen molar-refractivity contribution < 1.29 is 9.53 Å². The molecule has 0 spiro atoms. The van der Waals surface area contributed by atoms with E-state index in [0.717, 1.165) is 12.0 Å². The van der Waals surface area contributed by atoms with Crippen LogP contribution < -0.4 is 10.1 Å². The van der Waals surface area contributed by atoms with Crippen molar-refractivity contribution in [2.24, 2.45) is 11.8 Å². The molecule has 0 aliphatic heterocycles. The Bertz CT molecular complexity index is 459. The van der Waals surface area contributed by atoms with Gasteiger partial charge in [-0.3, -0.25) is 4.79 Å². The standard InChI is InChI=1S/C13H16ClNO2/c1-7-4-9(7)13(16)15-11-5-8(2)10(14)6-12(11)17-3/h5-7,9H,4H2,1-3H3,(H,15,16)/t7-,9+/m0/s1. The fourth-order valence-electron chi connectivity index (χ4n) is 1.84. The van der Waals surface area contributed by atoms with Gasteiger partial charge in [0.25, 0.3) is 0 Å². The van der Waals surface area contributed by atoms with Crippen molar-refractivity contribution in [3.63, 3.8) is 0 Å². The minimum absolute atomic E-state index is 0.0672. The fraction of sp³-hybridized carbons (Fsp3) is 0.462. The van der Waals surface area contributed by atoms with Gasteiger partial charge in [-0.15, -0.1) is 0 Å². The molecular formula is C13H16ClNO2. The number of aryl methyl sites for hydroxylation is 1. The Morgan fingerprint density at radius 3 is 2.71 bits per heavy atom. The Balaban J connectivity index is 2.19. The number of hydrogen-bond donors (Lipinski definition) is 1. The molecule has 92 valence electrons. The van der Waals surface area contributed by atoms with E-state index in [1.165, 1.54) is 0 Å². The molecule has 1 fully saturated rings. The highest BCUT2D eigenvalue weighted by molar-refractivity contribution is 6.31. The van der Waals surface area contributed by atoms with Gasteiger partial charge in [0.1, 0.15) is 5.75 Å². The quantitative estimate of drug-likeness (QED) is 0.898. The van der Waals surface area contributed by atoms with E-state index in [9.17, 15) is 4.79 Å². The zero-order chi connectivity index (χ0) is 12.6. The lowest BCUT2D eigenvalue weighted by atomic mass is 10.2. The number of rotatable bonds is 3. The van der Waals surface area contributed by atoms with E-state index in [1.807, 2.05) is 13.0 Å². The summed E-state index contributed by atoms with van der Waals surface area (Å²) in [6, 6.07) is 3.56. The molecule has 1 aromatic rings. The average molecular weight is 254 g/mol. The Morgan fingerprint density at radius 1 is 1.53 bits per heavy atom. The third-order valence-corrected chi connectivity index (χ3v) is 3.59. The number of ether oxygens (including phenoxy) is 1. The van der Waals surface area contributed by atoms with E-state index in [0.29, 0.717) is 22.4 Å². The molecule has 0 unspecified atom stereocenters. The molecule has 0 radical (unpaired) electrons. The summed E-state index contributed by atoms with van der Waals surface area (Å²) in [6.07, 6.45) is 0.973. The maximum atomic E-state index is 11.8. The molecule has 0 aromatic heterocycles. The first-order chi connectivity index (χ1) is 8.02. The third-order valence-electron chi connectivity index (χ3n) is 3.18. The van der Waals surface area contributed by atoms with Gasteiger partial charge >= 0.3 is 0 Å². The molecule has 1 aliphatic carbocycles. The van der Waals surface area contributed by atoms with Gasteiger partial charge in [-0.25, -0.2) is 0 Å². The van der Waals surface area contributed by atoms with Crippen LogP contribution in [-0.4, -0.2) is 13.0 Å². The maximum absolute atomic E-state index is 11.8. The summed E-state index contributed by atoms with van der Waals surface area (Å²) in [5.41, 5.74) is 1.62. The van der Waals surface area contributed by atoms with Gasteiger partial charge in [-0.2, -0.15) is 0 Å². The van der Waals surface area contributed by atoms with Crippen LogP contribution in [0.2, 0.25) is 5.02 Å². The van der Waals surface area contributed by atoms with Crippen LogP contribution in [0.3, 0.4) is 0 Å². The molecule has 2 rings (SSSR count). The Morgan fingerprint density at radius 2 is 2.18 bits per heavy atom. The highest BCUT2D eigenvalue weighted by Crippen LogP contribution is 2.39. The fourth-order valence-corrected chi connectivity index (χ4v) is 2.00. The number of hydrogen-bond acceptors (Lipinski definition) is 2. The molecule has 2 atom stereocenters. The molecule has 0 bridgehead atoms. The lowest BCUT2D eigenvalue weighted by Gasteiger charge is -2.12. The molecule has 1 amide bonds. The zero-order valence-electron chi connectivity index (χ0n) is 10.2. The van der Waals surface area contributed by atoms with Crippen LogP contribution in [0.4, 0.5) is 5.69 Å². The number of nitrogens with one attached hydrogen (secondary N) is 1. The smallest absolute Gasteiger partial charge is 0.227 e. The first kappa shape index (κ1) is 12.2. The molecule has 1 aliphatic rings. The van der Waals surface area contributed by atoms with Gasteiger partial charge in [-0.1, -0.05) is 18.5 Å². The van der Waals surface area contributed by atoms with Gasteiger partial charge in [0.2, 0.25) is 5.91 Å². The van der Waals surface area contributed by atoms with Gasteiger partial charge in [0, 0.05) is 17.0 Å². The van der Waals surface area contributed by atoms with Crippen molar-refractivity contribution in [3.8, 4) is 5.75 Å². The van der Waals surface area contributed by atoms with E-state index in [1.54, 1.807) is 13.2 Å². The van der Waals surface area contributed by atoms with Gasteiger partial charge < -0.3 is 10.1 Å². The predicted octanol–water partition coefficient (Wildman–Crippen LogP) is 3.25. The number of methoxy groups -OCH3 is 1. The Labute approximate surface area is 106 Å². The van der Waals surface area contributed by atoms with Crippen LogP contribution in [0.1, 0.15) is 18.9 Å². The molecule has 3 nitrogen and oxygen atoms in total. The second-order valence-corrected chi connectivity index (χ2v) is 5.02. The summed E-state index contributed by atoms with van der Waals surface area (Å²) in [5.74, 6) is 1.31. The number of carbonyl (C=O) groups excluding carboxylic acids is 1. The molecule has 1 saturated carbocycles. The molecular weight excluding hydrogens is 238 g/mol. The largest absolute Gasteiger partial charge is 0.495 e. The van der Waals surface area contributed by atoms with Crippen LogP contribution >= 0.6 is 11.6 Å². The van der Waals surface area contributed by atoms with E-state index < -0.39 is 0 Å². The van der Waals surface area contributed by atoms with Crippen molar-refractivity contribution in [1.82, 2.24) is 0 Å².